The van der Waals surface area contributed by atoms with Crippen molar-refractivity contribution in [1.29, 1.82) is 0 Å². The maximum atomic E-state index is 5.31. The van der Waals surface area contributed by atoms with Crippen LogP contribution in [0.25, 0.3) is 0 Å². The van der Waals surface area contributed by atoms with Crippen LogP contribution in [-0.4, -0.2) is 38.7 Å². The summed E-state index contributed by atoms with van der Waals surface area (Å²) < 4.78 is 15.8. The molecule has 0 aliphatic carbocycles. The van der Waals surface area contributed by atoms with Gasteiger partial charge < -0.3 is 19.5 Å². The van der Waals surface area contributed by atoms with Crippen molar-refractivity contribution in [2.24, 2.45) is 5.10 Å². The zero-order valence-electron chi connectivity index (χ0n) is 12.9. The van der Waals surface area contributed by atoms with E-state index in [2.05, 4.69) is 15.8 Å². The molecule has 1 rings (SSSR count). The van der Waals surface area contributed by atoms with Gasteiger partial charge in [0.25, 0.3) is 0 Å². The lowest BCUT2D eigenvalue weighted by Gasteiger charge is -2.12. The van der Waals surface area contributed by atoms with Gasteiger partial charge in [-0.1, -0.05) is 0 Å². The lowest BCUT2D eigenvalue weighted by molar-refractivity contribution is 0.349. The van der Waals surface area contributed by atoms with Crippen molar-refractivity contribution < 1.29 is 14.2 Å². The van der Waals surface area contributed by atoms with Crippen molar-refractivity contribution in [3.8, 4) is 17.2 Å². The molecule has 1 aromatic carbocycles. The number of ether oxygens (including phenoxy) is 3. The maximum absolute atomic E-state index is 5.31. The minimum Gasteiger partial charge on any atom is -0.496 e. The van der Waals surface area contributed by atoms with E-state index < -0.39 is 0 Å². The highest BCUT2D eigenvalue weighted by molar-refractivity contribution is 7.80. The van der Waals surface area contributed by atoms with Crippen molar-refractivity contribution in [1.82, 2.24) is 10.7 Å². The molecule has 0 aromatic heterocycles. The van der Waals surface area contributed by atoms with E-state index in [1.165, 1.54) is 0 Å². The molecule has 0 radical (unpaired) electrons. The second-order valence-electron chi connectivity index (χ2n) is 4.45. The Bertz CT molecular complexity index is 518. The molecule has 0 spiro atoms. The zero-order chi connectivity index (χ0) is 15.8. The Morgan fingerprint density at radius 2 is 1.67 bits per heavy atom. The van der Waals surface area contributed by atoms with Crippen LogP contribution in [-0.2, 0) is 0 Å². The first kappa shape index (κ1) is 17.0. The third kappa shape index (κ3) is 5.11. The van der Waals surface area contributed by atoms with Crippen LogP contribution in [0.15, 0.2) is 17.2 Å². The summed E-state index contributed by atoms with van der Waals surface area (Å²) in [4.78, 5) is 0. The topological polar surface area (TPSA) is 64.1 Å². The molecule has 0 heterocycles. The number of hydrogen-bond acceptors (Lipinski definition) is 5. The van der Waals surface area contributed by atoms with Gasteiger partial charge in [0.15, 0.2) is 16.6 Å². The molecule has 0 unspecified atom stereocenters. The number of nitrogens with one attached hydrogen (secondary N) is 2. The van der Waals surface area contributed by atoms with Crippen molar-refractivity contribution in [2.75, 3.05) is 21.3 Å². The maximum Gasteiger partial charge on any atom is 0.187 e. The van der Waals surface area contributed by atoms with Crippen molar-refractivity contribution in [2.45, 2.75) is 19.9 Å². The van der Waals surface area contributed by atoms with Gasteiger partial charge in [-0.05, 0) is 32.1 Å². The van der Waals surface area contributed by atoms with Gasteiger partial charge in [0.05, 0.1) is 27.5 Å². The fourth-order valence-corrected chi connectivity index (χ4v) is 1.90. The largest absolute Gasteiger partial charge is 0.496 e. The van der Waals surface area contributed by atoms with E-state index in [0.717, 1.165) is 5.56 Å². The summed E-state index contributed by atoms with van der Waals surface area (Å²) >= 11 is 5.08. The highest BCUT2D eigenvalue weighted by atomic mass is 32.1. The molecule has 6 nitrogen and oxygen atoms in total. The van der Waals surface area contributed by atoms with Crippen LogP contribution in [0.5, 0.6) is 17.2 Å². The second kappa shape index (κ2) is 8.31. The number of benzene rings is 1. The summed E-state index contributed by atoms with van der Waals surface area (Å²) in [6, 6.07) is 3.77. The van der Waals surface area contributed by atoms with Gasteiger partial charge in [-0.25, -0.2) is 0 Å². The van der Waals surface area contributed by atoms with Crippen LogP contribution >= 0.6 is 12.2 Å². The number of rotatable bonds is 6. The first-order valence-electron chi connectivity index (χ1n) is 6.41. The minimum absolute atomic E-state index is 0.246. The van der Waals surface area contributed by atoms with Gasteiger partial charge in [-0.15, -0.1) is 0 Å². The summed E-state index contributed by atoms with van der Waals surface area (Å²) in [6.45, 7) is 3.99. The summed E-state index contributed by atoms with van der Waals surface area (Å²) in [5.41, 5.74) is 3.49. The van der Waals surface area contributed by atoms with Crippen molar-refractivity contribution in [3.63, 3.8) is 0 Å². The molecule has 21 heavy (non-hydrogen) atoms. The highest BCUT2D eigenvalue weighted by Gasteiger charge is 2.10. The normalized spacial score (nSPS) is 10.6. The van der Waals surface area contributed by atoms with E-state index in [-0.39, 0.29) is 6.04 Å². The average molecular weight is 311 g/mol. The highest BCUT2D eigenvalue weighted by Crippen LogP contribution is 2.33. The van der Waals surface area contributed by atoms with Crippen molar-refractivity contribution in [3.05, 3.63) is 17.7 Å². The van der Waals surface area contributed by atoms with Gasteiger partial charge in [-0.3, -0.25) is 5.43 Å². The minimum atomic E-state index is 0.246. The fourth-order valence-electron chi connectivity index (χ4n) is 1.61. The third-order valence-electron chi connectivity index (χ3n) is 2.53. The molecule has 7 heteroatoms. The lowest BCUT2D eigenvalue weighted by atomic mass is 10.2. The molecule has 0 bridgehead atoms. The van der Waals surface area contributed by atoms with Gasteiger partial charge in [0.1, 0.15) is 5.75 Å². The Kier molecular flexibility index (Phi) is 6.74. The number of thiocarbonyl (C=S) groups is 1. The van der Waals surface area contributed by atoms with Crippen LogP contribution in [0.3, 0.4) is 0 Å². The van der Waals surface area contributed by atoms with E-state index >= 15 is 0 Å². The smallest absolute Gasteiger partial charge is 0.187 e. The molecule has 0 atom stereocenters. The van der Waals surface area contributed by atoms with Gasteiger partial charge in [0.2, 0.25) is 0 Å². The average Bonchev–Trinajstić information content (AvgIpc) is 2.45. The molecule has 0 fully saturated rings. The molecule has 0 saturated carbocycles. The molecule has 0 aliphatic rings. The van der Waals surface area contributed by atoms with Gasteiger partial charge in [0, 0.05) is 17.7 Å². The van der Waals surface area contributed by atoms with Gasteiger partial charge >= 0.3 is 0 Å². The zero-order valence-corrected chi connectivity index (χ0v) is 13.7. The van der Waals surface area contributed by atoms with Crippen LogP contribution in [0, 0.1) is 0 Å². The Morgan fingerprint density at radius 1 is 1.10 bits per heavy atom. The molecule has 1 aromatic rings. The first-order chi connectivity index (χ1) is 10.0. The summed E-state index contributed by atoms with van der Waals surface area (Å²) in [7, 11) is 4.73. The molecule has 0 aliphatic heterocycles. The Balaban J connectivity index is 2.89. The van der Waals surface area contributed by atoms with Crippen LogP contribution < -0.4 is 25.0 Å². The van der Waals surface area contributed by atoms with Crippen LogP contribution in [0.2, 0.25) is 0 Å². The quantitative estimate of drug-likeness (QED) is 0.475. The first-order valence-corrected chi connectivity index (χ1v) is 6.82. The summed E-state index contributed by atoms with van der Waals surface area (Å²) in [5.74, 6) is 1.82. The molecule has 0 saturated heterocycles. The van der Waals surface area contributed by atoms with E-state index in [9.17, 15) is 0 Å². The monoisotopic (exact) mass is 311 g/mol. The SMILES string of the molecule is COc1cc(OC)c(OC)cc1/C=N\NC(=S)NC(C)C. The molecule has 0 amide bonds. The second-order valence-corrected chi connectivity index (χ2v) is 4.86. The standard InChI is InChI=1S/C14H21N3O3S/c1-9(2)16-14(21)17-15-8-10-6-12(19-4)13(20-5)7-11(10)18-3/h6-9H,1-5H3,(H2,16,17,21)/b15-8-. The molecular formula is C14H21N3O3S. The van der Waals surface area contributed by atoms with Crippen LogP contribution in [0.4, 0.5) is 0 Å². The Hall–Kier alpha value is -2.02. The van der Waals surface area contributed by atoms with E-state index in [0.29, 0.717) is 22.4 Å². The number of hydrogen-bond donors (Lipinski definition) is 2. The van der Waals surface area contributed by atoms with E-state index in [1.54, 1.807) is 39.7 Å². The lowest BCUT2D eigenvalue weighted by Crippen LogP contribution is -2.36. The predicted octanol–water partition coefficient (Wildman–Crippen LogP) is 1.92. The fraction of sp³-hybridized carbons (Fsp3) is 0.429. The Morgan fingerprint density at radius 3 is 2.19 bits per heavy atom. The number of methoxy groups -OCH3 is 3. The summed E-state index contributed by atoms with van der Waals surface area (Å²) in [5, 5.41) is 7.57. The number of nitrogens with zero attached hydrogens (tertiary/aromatic N) is 1. The van der Waals surface area contributed by atoms with E-state index in [4.69, 9.17) is 26.4 Å². The Labute approximate surface area is 130 Å². The molecule has 116 valence electrons. The predicted molar refractivity (Wildman–Crippen MR) is 87.7 cm³/mol. The van der Waals surface area contributed by atoms with Gasteiger partial charge in [-0.2, -0.15) is 5.10 Å². The summed E-state index contributed by atoms with van der Waals surface area (Å²) in [6.07, 6.45) is 1.61. The third-order valence-corrected chi connectivity index (χ3v) is 2.73. The number of hydrazone groups is 1. The molecule has 2 N–H and O–H groups in total. The van der Waals surface area contributed by atoms with Crippen LogP contribution in [0.1, 0.15) is 19.4 Å². The van der Waals surface area contributed by atoms with Crippen molar-refractivity contribution >= 4 is 23.5 Å². The van der Waals surface area contributed by atoms with E-state index in [1.807, 2.05) is 13.8 Å². The molecular weight excluding hydrogens is 290 g/mol.